The number of aliphatic hydroxyl groups excluding tert-OH is 2. The molecule has 0 aliphatic carbocycles. The van der Waals surface area contributed by atoms with E-state index >= 15 is 0 Å². The number of halogens is 2. The summed E-state index contributed by atoms with van der Waals surface area (Å²) in [6.45, 7) is -9.74. The molecule has 3 saturated heterocycles. The molecule has 2 bridgehead atoms. The molecule has 6 N–H and O–H groups in total. The fourth-order valence-electron chi connectivity index (χ4n) is 5.50. The van der Waals surface area contributed by atoms with Gasteiger partial charge in [0.25, 0.3) is 0 Å². The Bertz CT molecular complexity index is 2020. The Morgan fingerprint density at radius 3 is 2.53 bits per heavy atom. The first-order chi connectivity index (χ1) is 22.3. The number of rotatable bonds is 3. The average Bonchev–Trinajstić information content (AvgIpc) is 3.73. The Morgan fingerprint density at radius 1 is 1.04 bits per heavy atom. The number of thiol groups is 1. The fraction of sp³-hybridized carbons (Fsp3) is 0.455. The van der Waals surface area contributed by atoms with Crippen molar-refractivity contribution < 1.29 is 47.2 Å². The molecular weight excluding hydrogens is 767 g/mol. The van der Waals surface area contributed by atoms with Crippen molar-refractivity contribution in [3.63, 3.8) is 0 Å². The van der Waals surface area contributed by atoms with Gasteiger partial charge in [0.1, 0.15) is 47.7 Å². The highest BCUT2D eigenvalue weighted by molar-refractivity contribution is 8.44. The van der Waals surface area contributed by atoms with E-state index in [0.717, 1.165) is 22.2 Å². The molecule has 4 aromatic rings. The fourth-order valence-corrected chi connectivity index (χ4v) is 9.63. The highest BCUT2D eigenvalue weighted by atomic mass is 35.5. The number of aromatic nitrogens is 5. The van der Waals surface area contributed by atoms with Crippen molar-refractivity contribution in [3.05, 3.63) is 44.5 Å². The van der Waals surface area contributed by atoms with Crippen LogP contribution in [0.1, 0.15) is 12.5 Å². The molecular formula is C22H23Cl2N7O11P2S3. The van der Waals surface area contributed by atoms with Crippen molar-refractivity contribution in [2.75, 3.05) is 18.6 Å². The molecule has 254 valence electrons. The smallest absolute Gasteiger partial charge is 0.386 e. The molecule has 3 aromatic heterocycles. The molecule has 1 aromatic carbocycles. The van der Waals surface area contributed by atoms with Gasteiger partial charge in [-0.2, -0.15) is 0 Å². The summed E-state index contributed by atoms with van der Waals surface area (Å²) in [5, 5.41) is 23.0. The van der Waals surface area contributed by atoms with Gasteiger partial charge in [-0.25, -0.2) is 25.4 Å². The van der Waals surface area contributed by atoms with E-state index in [-0.39, 0.29) is 26.2 Å². The van der Waals surface area contributed by atoms with Crippen LogP contribution in [0.15, 0.2) is 29.6 Å². The summed E-state index contributed by atoms with van der Waals surface area (Å²) >= 11 is 22.4. The number of nitrogens with one attached hydrogen (secondary N) is 1. The predicted octanol–water partition coefficient (Wildman–Crippen LogP) is 2.08. The minimum absolute atomic E-state index is 0.0777. The van der Waals surface area contributed by atoms with Crippen molar-refractivity contribution in [1.82, 2.24) is 24.1 Å². The standard InChI is InChI=1S/C22H23Cl2N7O11P2S3/c23-7-1-9-10(2-8(7)24)30(6-28-9)21-16-13(32)11(39-21)3-37-43(35,45)41-15-12(4-38-44(36,46)42-16)40-20(14(15)33)31-19-17(47-22(31)34)18(29-25)26-5-27-19/h1-2,5-6,11-16,20-21,32-33H,3-4,25H2,(H,35,45)(H,36,46)(H,26,27,29)/t11-,12-,13-,14-,15-,16-,20-,21-,43?,44?/m1/s1. The van der Waals surface area contributed by atoms with Gasteiger partial charge in [-0.15, -0.1) is 0 Å². The molecule has 25 heteroatoms. The zero-order valence-corrected chi connectivity index (χ0v) is 29.0. The molecule has 10 atom stereocenters. The number of nitrogen functional groups attached to an aromatic ring is 1. The number of aliphatic hydroxyl groups is 2. The lowest BCUT2D eigenvalue weighted by molar-refractivity contribution is -0.0589. The van der Waals surface area contributed by atoms with Crippen LogP contribution in [0.2, 0.25) is 10.0 Å². The number of anilines is 1. The highest BCUT2D eigenvalue weighted by Gasteiger charge is 2.53. The van der Waals surface area contributed by atoms with Gasteiger partial charge in [-0.1, -0.05) is 46.8 Å². The number of hydrazine groups is 1. The van der Waals surface area contributed by atoms with Gasteiger partial charge in [0.05, 0.1) is 40.6 Å². The van der Waals surface area contributed by atoms with Crippen LogP contribution in [0.4, 0.5) is 5.82 Å². The Labute approximate surface area is 287 Å². The highest BCUT2D eigenvalue weighted by Crippen LogP contribution is 2.58. The minimum Gasteiger partial charge on any atom is -0.387 e. The van der Waals surface area contributed by atoms with Crippen LogP contribution in [-0.2, 0) is 43.9 Å². The summed E-state index contributed by atoms with van der Waals surface area (Å²) in [4.78, 5) is 35.9. The molecule has 0 saturated carbocycles. The van der Waals surface area contributed by atoms with Gasteiger partial charge in [0, 0.05) is 0 Å². The number of hydrogen-bond acceptors (Lipinski definition) is 17. The van der Waals surface area contributed by atoms with E-state index < -0.39 is 80.7 Å². The van der Waals surface area contributed by atoms with E-state index in [9.17, 15) is 24.5 Å². The SMILES string of the molecule is NNc1ncnc2c1sc(=O)n2[C@@H]1O[C@@H]2COP(=O)(S)O[C@@H]3[C@H](O)[C@@H](COP(O)(=S)O[C@H]2[C@H]1O)O[C@H]3n1cnc2cc(Cl)c(Cl)cc21. The number of hydrogen-bond donors (Lipinski definition) is 6. The van der Waals surface area contributed by atoms with E-state index in [1.165, 1.54) is 23.0 Å². The van der Waals surface area contributed by atoms with Crippen LogP contribution in [0.3, 0.4) is 0 Å². The van der Waals surface area contributed by atoms with Crippen LogP contribution in [-0.4, -0.2) is 89.0 Å². The predicted molar refractivity (Wildman–Crippen MR) is 174 cm³/mol. The third-order valence-electron chi connectivity index (χ3n) is 7.62. The van der Waals surface area contributed by atoms with Crippen molar-refractivity contribution >= 4 is 99.3 Å². The minimum atomic E-state index is -4.37. The van der Waals surface area contributed by atoms with Gasteiger partial charge in [0.2, 0.25) is 0 Å². The molecule has 7 rings (SSSR count). The van der Waals surface area contributed by atoms with Crippen LogP contribution < -0.4 is 16.1 Å². The maximum absolute atomic E-state index is 13.6. The van der Waals surface area contributed by atoms with E-state index in [1.807, 2.05) is 0 Å². The number of thiazole rings is 1. The normalized spacial score (nSPS) is 36.6. The molecule has 0 spiro atoms. The second-order valence-corrected chi connectivity index (χ2v) is 17.9. The van der Waals surface area contributed by atoms with Crippen LogP contribution in [0, 0.1) is 0 Å². The molecule has 6 heterocycles. The Balaban J connectivity index is 1.21. The monoisotopic (exact) mass is 789 g/mol. The third kappa shape index (κ3) is 6.29. The molecule has 0 amide bonds. The van der Waals surface area contributed by atoms with E-state index in [1.54, 1.807) is 0 Å². The van der Waals surface area contributed by atoms with Crippen LogP contribution in [0.5, 0.6) is 0 Å². The second kappa shape index (κ2) is 12.8. The van der Waals surface area contributed by atoms with Crippen molar-refractivity contribution in [2.45, 2.75) is 49.1 Å². The summed E-state index contributed by atoms with van der Waals surface area (Å²) in [6, 6.07) is 3.06. The molecule has 0 radical (unpaired) electrons. The average molecular weight is 791 g/mol. The summed E-state index contributed by atoms with van der Waals surface area (Å²) in [5.41, 5.74) is 3.33. The zero-order valence-electron chi connectivity index (χ0n) is 23.2. The first kappa shape index (κ1) is 34.1. The first-order valence-electron chi connectivity index (χ1n) is 13.4. The number of nitrogens with zero attached hydrogens (tertiary/aromatic N) is 5. The number of fused-ring (bicyclic) bond motifs is 5. The second-order valence-electron chi connectivity index (χ2n) is 10.4. The third-order valence-corrected chi connectivity index (χ3v) is 12.5. The lowest BCUT2D eigenvalue weighted by Crippen LogP contribution is -2.37. The first-order valence-corrected chi connectivity index (χ1v) is 20.3. The van der Waals surface area contributed by atoms with Gasteiger partial charge < -0.3 is 39.1 Å². The van der Waals surface area contributed by atoms with E-state index in [2.05, 4.69) is 32.6 Å². The number of benzene rings is 1. The number of imidazole rings is 1. The van der Waals surface area contributed by atoms with Gasteiger partial charge in [-0.3, -0.25) is 22.9 Å². The molecule has 47 heavy (non-hydrogen) atoms. The van der Waals surface area contributed by atoms with E-state index in [0.29, 0.717) is 11.0 Å². The van der Waals surface area contributed by atoms with Crippen molar-refractivity contribution in [2.24, 2.45) is 5.84 Å². The Morgan fingerprint density at radius 2 is 1.77 bits per heavy atom. The van der Waals surface area contributed by atoms with Crippen LogP contribution >= 0.6 is 60.3 Å². The Kier molecular flexibility index (Phi) is 9.28. The molecule has 3 aliphatic rings. The molecule has 18 nitrogen and oxygen atoms in total. The number of nitrogens with two attached hydrogens (primary N) is 1. The quantitative estimate of drug-likeness (QED) is 0.0754. The maximum Gasteiger partial charge on any atom is 0.386 e. The van der Waals surface area contributed by atoms with Crippen LogP contribution in [0.25, 0.3) is 21.4 Å². The zero-order chi connectivity index (χ0) is 33.4. The van der Waals surface area contributed by atoms with E-state index in [4.69, 9.17) is 68.4 Å². The summed E-state index contributed by atoms with van der Waals surface area (Å²) < 4.78 is 51.0. The van der Waals surface area contributed by atoms with Crippen molar-refractivity contribution in [3.8, 4) is 0 Å². The Hall–Kier alpha value is -1.33. The molecule has 2 unspecified atom stereocenters. The number of ether oxygens (including phenoxy) is 2. The lowest BCUT2D eigenvalue weighted by atomic mass is 10.1. The van der Waals surface area contributed by atoms with Gasteiger partial charge in [-0.05, 0) is 23.9 Å². The summed E-state index contributed by atoms with van der Waals surface area (Å²) in [7, 11) is 0. The largest absolute Gasteiger partial charge is 0.387 e. The topological polar surface area (TPSA) is 237 Å². The van der Waals surface area contributed by atoms with Crippen molar-refractivity contribution in [1.29, 1.82) is 0 Å². The summed E-state index contributed by atoms with van der Waals surface area (Å²) in [6.07, 6.45) is -8.67. The lowest BCUT2D eigenvalue weighted by Gasteiger charge is -2.27. The van der Waals surface area contributed by atoms with Gasteiger partial charge in [0.15, 0.2) is 23.9 Å². The molecule has 3 aliphatic heterocycles. The maximum atomic E-state index is 13.6. The van der Waals surface area contributed by atoms with Gasteiger partial charge >= 0.3 is 18.4 Å². The summed E-state index contributed by atoms with van der Waals surface area (Å²) in [5.74, 6) is 5.67. The molecule has 3 fully saturated rings.